The number of aromatic nitrogens is 4. The Balaban J connectivity index is 1.28. The molecule has 3 N–H and O–H groups in total. The van der Waals surface area contributed by atoms with Crippen LogP contribution in [0.2, 0.25) is 0 Å². The van der Waals surface area contributed by atoms with Crippen molar-refractivity contribution in [3.8, 4) is 11.3 Å². The second-order valence-corrected chi connectivity index (χ2v) is 8.19. The number of pyridine rings is 2. The lowest BCUT2D eigenvalue weighted by Gasteiger charge is -2.11. The van der Waals surface area contributed by atoms with Gasteiger partial charge in [-0.15, -0.1) is 0 Å². The normalized spacial score (nSPS) is 13.0. The summed E-state index contributed by atoms with van der Waals surface area (Å²) >= 11 is 0. The van der Waals surface area contributed by atoms with Crippen LogP contribution in [0.4, 0.5) is 16.0 Å². The third-order valence-corrected chi connectivity index (χ3v) is 5.75. The zero-order chi connectivity index (χ0) is 23.5. The number of carbonyl (C=O) groups is 1. The maximum atomic E-state index is 14.3. The number of benzene rings is 1. The molecule has 0 bridgehead atoms. The van der Waals surface area contributed by atoms with Crippen LogP contribution in [-0.2, 0) is 6.42 Å². The molecule has 5 rings (SSSR count). The summed E-state index contributed by atoms with van der Waals surface area (Å²) in [5.74, 6) is 0.457. The molecule has 3 heterocycles. The van der Waals surface area contributed by atoms with Gasteiger partial charge in [0.2, 0.25) is 0 Å². The molecule has 8 nitrogen and oxygen atoms in total. The van der Waals surface area contributed by atoms with Gasteiger partial charge in [0.05, 0.1) is 23.0 Å². The fraction of sp³-hybridized carbons (Fsp3) is 0.240. The largest absolute Gasteiger partial charge is 0.370 e. The molecule has 1 fully saturated rings. The number of hydrogen-bond donors (Lipinski definition) is 3. The molecule has 1 aliphatic carbocycles. The van der Waals surface area contributed by atoms with E-state index < -0.39 is 11.7 Å². The number of amides is 1. The summed E-state index contributed by atoms with van der Waals surface area (Å²) in [4.78, 5) is 29.6. The van der Waals surface area contributed by atoms with E-state index >= 15 is 0 Å². The van der Waals surface area contributed by atoms with E-state index in [0.717, 1.165) is 28.8 Å². The number of nitrogens with zero attached hydrogens (tertiary/aromatic N) is 4. The lowest BCUT2D eigenvalue weighted by Crippen LogP contribution is -2.20. The molecule has 172 valence electrons. The first-order valence-electron chi connectivity index (χ1n) is 11.2. The summed E-state index contributed by atoms with van der Waals surface area (Å²) in [5.41, 5.74) is 3.22. The smallest absolute Gasteiger partial charge is 0.254 e. The molecule has 1 amide bonds. The van der Waals surface area contributed by atoms with Gasteiger partial charge in [-0.3, -0.25) is 9.78 Å². The van der Waals surface area contributed by atoms with Crippen molar-refractivity contribution in [2.24, 2.45) is 0 Å². The fourth-order valence-corrected chi connectivity index (χ4v) is 3.82. The molecular formula is C25H24FN7O. The summed E-state index contributed by atoms with van der Waals surface area (Å²) in [6, 6.07) is 11.8. The van der Waals surface area contributed by atoms with Crippen LogP contribution in [0.5, 0.6) is 0 Å². The molecule has 4 aromatic rings. The standard InChI is InChI=1S/C25H24FN7O/c1-27-25(34)23-18-4-2-3-15(24(18)30-13-19(23)26)9-10-28-22-11-20(31-14-32-22)16-5-8-21(29-12-16)33-17-6-7-17/h2-5,8,11-14,17H,6-7,9-10H2,1H3,(H,27,34)(H,29,33)(H,28,31,32). The van der Waals surface area contributed by atoms with Crippen LogP contribution < -0.4 is 16.0 Å². The Hall–Kier alpha value is -4.14. The van der Waals surface area contributed by atoms with Gasteiger partial charge in [-0.1, -0.05) is 18.2 Å². The van der Waals surface area contributed by atoms with Crippen LogP contribution in [0.1, 0.15) is 28.8 Å². The second kappa shape index (κ2) is 9.38. The highest BCUT2D eigenvalue weighted by Crippen LogP contribution is 2.26. The molecule has 1 saturated carbocycles. The SMILES string of the molecule is CNC(=O)c1c(F)cnc2c(CCNc3cc(-c4ccc(NC5CC5)nc4)ncn3)cccc12. The molecule has 3 aromatic heterocycles. The molecule has 1 aliphatic rings. The van der Waals surface area contributed by atoms with Crippen molar-refractivity contribution in [3.63, 3.8) is 0 Å². The predicted octanol–water partition coefficient (Wildman–Crippen LogP) is 3.81. The molecule has 0 spiro atoms. The topological polar surface area (TPSA) is 105 Å². The Morgan fingerprint density at radius 3 is 2.71 bits per heavy atom. The van der Waals surface area contributed by atoms with Crippen molar-refractivity contribution in [1.82, 2.24) is 25.3 Å². The molecule has 0 saturated heterocycles. The van der Waals surface area contributed by atoms with E-state index in [2.05, 4.69) is 35.9 Å². The minimum Gasteiger partial charge on any atom is -0.370 e. The fourth-order valence-electron chi connectivity index (χ4n) is 3.82. The maximum Gasteiger partial charge on any atom is 0.254 e. The third-order valence-electron chi connectivity index (χ3n) is 5.75. The monoisotopic (exact) mass is 457 g/mol. The van der Waals surface area contributed by atoms with Crippen LogP contribution in [-0.4, -0.2) is 45.5 Å². The Labute approximate surface area is 196 Å². The number of halogens is 1. The van der Waals surface area contributed by atoms with Gasteiger partial charge in [-0.25, -0.2) is 19.3 Å². The quantitative estimate of drug-likeness (QED) is 0.369. The van der Waals surface area contributed by atoms with Crippen LogP contribution >= 0.6 is 0 Å². The van der Waals surface area contributed by atoms with Gasteiger partial charge in [0.25, 0.3) is 5.91 Å². The Morgan fingerprint density at radius 1 is 1.06 bits per heavy atom. The molecule has 0 radical (unpaired) electrons. The van der Waals surface area contributed by atoms with Crippen molar-refractivity contribution in [3.05, 3.63) is 72.1 Å². The van der Waals surface area contributed by atoms with E-state index in [1.807, 2.05) is 36.5 Å². The first-order chi connectivity index (χ1) is 16.6. The molecule has 34 heavy (non-hydrogen) atoms. The highest BCUT2D eigenvalue weighted by atomic mass is 19.1. The first kappa shape index (κ1) is 21.7. The van der Waals surface area contributed by atoms with Crippen molar-refractivity contribution in [2.45, 2.75) is 25.3 Å². The molecule has 0 atom stereocenters. The molecule has 1 aromatic carbocycles. The van der Waals surface area contributed by atoms with E-state index in [0.29, 0.717) is 35.7 Å². The number of para-hydroxylation sites is 1. The van der Waals surface area contributed by atoms with E-state index in [4.69, 9.17) is 0 Å². The summed E-state index contributed by atoms with van der Waals surface area (Å²) < 4.78 is 14.3. The van der Waals surface area contributed by atoms with Crippen molar-refractivity contribution in [2.75, 3.05) is 24.2 Å². The number of hydrogen-bond acceptors (Lipinski definition) is 7. The number of anilines is 2. The van der Waals surface area contributed by atoms with Crippen molar-refractivity contribution >= 4 is 28.4 Å². The highest BCUT2D eigenvalue weighted by molar-refractivity contribution is 6.06. The number of nitrogens with one attached hydrogen (secondary N) is 3. The third kappa shape index (κ3) is 4.63. The molecule has 0 aliphatic heterocycles. The minimum absolute atomic E-state index is 0.00899. The van der Waals surface area contributed by atoms with E-state index in [1.165, 1.54) is 26.2 Å². The van der Waals surface area contributed by atoms with Crippen LogP contribution in [0.3, 0.4) is 0 Å². The predicted molar refractivity (Wildman–Crippen MR) is 129 cm³/mol. The lowest BCUT2D eigenvalue weighted by atomic mass is 10.0. The van der Waals surface area contributed by atoms with Gasteiger partial charge in [0.1, 0.15) is 18.0 Å². The van der Waals surface area contributed by atoms with Gasteiger partial charge in [-0.2, -0.15) is 0 Å². The summed E-state index contributed by atoms with van der Waals surface area (Å²) in [5, 5.41) is 9.67. The summed E-state index contributed by atoms with van der Waals surface area (Å²) in [6.45, 7) is 0.576. The van der Waals surface area contributed by atoms with Gasteiger partial charge < -0.3 is 16.0 Å². The average molecular weight is 458 g/mol. The van der Waals surface area contributed by atoms with Crippen molar-refractivity contribution in [1.29, 1.82) is 0 Å². The number of fused-ring (bicyclic) bond motifs is 1. The number of carbonyl (C=O) groups excluding carboxylic acids is 1. The Morgan fingerprint density at radius 2 is 1.94 bits per heavy atom. The summed E-state index contributed by atoms with van der Waals surface area (Å²) in [6.07, 6.45) is 7.44. The van der Waals surface area contributed by atoms with Gasteiger partial charge in [0, 0.05) is 42.8 Å². The van der Waals surface area contributed by atoms with Gasteiger partial charge >= 0.3 is 0 Å². The van der Waals surface area contributed by atoms with Crippen molar-refractivity contribution < 1.29 is 9.18 Å². The molecule has 9 heteroatoms. The summed E-state index contributed by atoms with van der Waals surface area (Å²) in [7, 11) is 1.48. The average Bonchev–Trinajstić information content (AvgIpc) is 3.68. The lowest BCUT2D eigenvalue weighted by molar-refractivity contribution is 0.0961. The van der Waals surface area contributed by atoms with E-state index in [1.54, 1.807) is 6.07 Å². The second-order valence-electron chi connectivity index (χ2n) is 8.19. The highest BCUT2D eigenvalue weighted by Gasteiger charge is 2.21. The van der Waals surface area contributed by atoms with E-state index in [-0.39, 0.29) is 5.56 Å². The van der Waals surface area contributed by atoms with Crippen LogP contribution in [0.15, 0.2) is 55.1 Å². The zero-order valence-corrected chi connectivity index (χ0v) is 18.7. The van der Waals surface area contributed by atoms with Gasteiger partial charge in [-0.05, 0) is 37.0 Å². The molecule has 0 unspecified atom stereocenters. The Kier molecular flexibility index (Phi) is 5.99. The number of rotatable bonds is 8. The minimum atomic E-state index is -0.638. The van der Waals surface area contributed by atoms with Gasteiger partial charge in [0.15, 0.2) is 5.82 Å². The first-order valence-corrected chi connectivity index (χ1v) is 11.2. The van der Waals surface area contributed by atoms with E-state index in [9.17, 15) is 9.18 Å². The zero-order valence-electron chi connectivity index (χ0n) is 18.7. The Bertz CT molecular complexity index is 1340. The van der Waals surface area contributed by atoms with Crippen LogP contribution in [0, 0.1) is 5.82 Å². The van der Waals surface area contributed by atoms with Crippen LogP contribution in [0.25, 0.3) is 22.2 Å². The molecular weight excluding hydrogens is 433 g/mol. The maximum absolute atomic E-state index is 14.3.